The highest BCUT2D eigenvalue weighted by Crippen LogP contribution is 2.17. The summed E-state index contributed by atoms with van der Waals surface area (Å²) in [6, 6.07) is 15.6. The van der Waals surface area contributed by atoms with Gasteiger partial charge in [-0.15, -0.1) is 0 Å². The molecule has 3 nitrogen and oxygen atoms in total. The van der Waals surface area contributed by atoms with Gasteiger partial charge in [0.25, 0.3) is 5.91 Å². The molecule has 0 unspecified atom stereocenters. The molecule has 2 aromatic rings. The molecule has 0 heterocycles. The Morgan fingerprint density at radius 1 is 1.14 bits per heavy atom. The minimum Gasteiger partial charge on any atom is -0.435 e. The van der Waals surface area contributed by atoms with Gasteiger partial charge in [0.1, 0.15) is 5.75 Å². The summed E-state index contributed by atoms with van der Waals surface area (Å²) in [7, 11) is 0. The summed E-state index contributed by atoms with van der Waals surface area (Å²) >= 11 is 0. The molecule has 0 saturated heterocycles. The van der Waals surface area contributed by atoms with E-state index in [1.54, 1.807) is 6.07 Å². The lowest BCUT2D eigenvalue weighted by atomic mass is 10.0. The standard InChI is InChI=1S/C17H17F2NO2/c1-12(13-6-3-2-4-7-13)11-20-16(21)14-8-5-9-15(10-14)22-17(18)19/h2-10,12,17H,11H2,1H3,(H,20,21)/t12-/m1/s1. The van der Waals surface area contributed by atoms with Crippen LogP contribution >= 0.6 is 0 Å². The van der Waals surface area contributed by atoms with Crippen LogP contribution in [-0.2, 0) is 0 Å². The Balaban J connectivity index is 1.95. The van der Waals surface area contributed by atoms with Gasteiger partial charge < -0.3 is 10.1 Å². The Morgan fingerprint density at radius 3 is 2.55 bits per heavy atom. The Hall–Kier alpha value is -2.43. The molecule has 0 radical (unpaired) electrons. The molecule has 0 aliphatic heterocycles. The summed E-state index contributed by atoms with van der Waals surface area (Å²) in [6.45, 7) is -0.439. The Kier molecular flexibility index (Phi) is 5.47. The maximum Gasteiger partial charge on any atom is 0.387 e. The molecule has 0 aliphatic carbocycles. The number of hydrogen-bond acceptors (Lipinski definition) is 2. The smallest absolute Gasteiger partial charge is 0.387 e. The van der Waals surface area contributed by atoms with Crippen molar-refractivity contribution < 1.29 is 18.3 Å². The fraction of sp³-hybridized carbons (Fsp3) is 0.235. The Bertz CT molecular complexity index is 617. The molecule has 5 heteroatoms. The number of alkyl halides is 2. The average Bonchev–Trinajstić information content (AvgIpc) is 2.52. The quantitative estimate of drug-likeness (QED) is 0.881. The monoisotopic (exact) mass is 305 g/mol. The Morgan fingerprint density at radius 2 is 1.86 bits per heavy atom. The van der Waals surface area contributed by atoms with Crippen LogP contribution in [0, 0.1) is 0 Å². The van der Waals surface area contributed by atoms with Crippen molar-refractivity contribution in [3.8, 4) is 5.75 Å². The summed E-state index contributed by atoms with van der Waals surface area (Å²) in [5.41, 5.74) is 1.41. The maximum absolute atomic E-state index is 12.2. The second kappa shape index (κ2) is 7.54. The van der Waals surface area contributed by atoms with E-state index in [0.717, 1.165) is 5.56 Å². The normalized spacial score (nSPS) is 12.0. The van der Waals surface area contributed by atoms with Gasteiger partial charge in [-0.05, 0) is 29.7 Å². The number of carbonyl (C=O) groups excluding carboxylic acids is 1. The first-order chi connectivity index (χ1) is 10.6. The van der Waals surface area contributed by atoms with Crippen LogP contribution in [0.2, 0.25) is 0 Å². The van der Waals surface area contributed by atoms with Gasteiger partial charge in [-0.2, -0.15) is 8.78 Å². The topological polar surface area (TPSA) is 38.3 Å². The molecule has 116 valence electrons. The summed E-state index contributed by atoms with van der Waals surface area (Å²) < 4.78 is 28.6. The van der Waals surface area contributed by atoms with E-state index >= 15 is 0 Å². The van der Waals surface area contributed by atoms with Gasteiger partial charge >= 0.3 is 6.61 Å². The van der Waals surface area contributed by atoms with Crippen LogP contribution in [0.3, 0.4) is 0 Å². The van der Waals surface area contributed by atoms with E-state index in [-0.39, 0.29) is 17.6 Å². The zero-order valence-corrected chi connectivity index (χ0v) is 12.1. The molecular weight excluding hydrogens is 288 g/mol. The van der Waals surface area contributed by atoms with Gasteiger partial charge in [-0.25, -0.2) is 0 Å². The van der Waals surface area contributed by atoms with Gasteiger partial charge in [0.05, 0.1) is 0 Å². The van der Waals surface area contributed by atoms with Crippen molar-refractivity contribution in [2.75, 3.05) is 6.54 Å². The third kappa shape index (κ3) is 4.55. The lowest BCUT2D eigenvalue weighted by Crippen LogP contribution is -2.27. The van der Waals surface area contributed by atoms with Crippen LogP contribution in [0.4, 0.5) is 8.78 Å². The highest BCUT2D eigenvalue weighted by molar-refractivity contribution is 5.94. The van der Waals surface area contributed by atoms with E-state index in [9.17, 15) is 13.6 Å². The number of amides is 1. The number of benzene rings is 2. The zero-order chi connectivity index (χ0) is 15.9. The van der Waals surface area contributed by atoms with Crippen molar-refractivity contribution in [2.24, 2.45) is 0 Å². The van der Waals surface area contributed by atoms with Crippen molar-refractivity contribution in [3.63, 3.8) is 0 Å². The molecule has 0 fully saturated rings. The molecule has 22 heavy (non-hydrogen) atoms. The molecule has 0 bridgehead atoms. The second-order valence-electron chi connectivity index (χ2n) is 4.93. The molecule has 1 atom stereocenters. The molecule has 1 amide bonds. The number of ether oxygens (including phenoxy) is 1. The van der Waals surface area contributed by atoms with Crippen LogP contribution in [0.1, 0.15) is 28.8 Å². The lowest BCUT2D eigenvalue weighted by Gasteiger charge is -2.13. The van der Waals surface area contributed by atoms with Gasteiger partial charge in [-0.3, -0.25) is 4.79 Å². The predicted octanol–water partition coefficient (Wildman–Crippen LogP) is 3.82. The first kappa shape index (κ1) is 15.9. The molecule has 2 aromatic carbocycles. The van der Waals surface area contributed by atoms with E-state index in [4.69, 9.17) is 0 Å². The summed E-state index contributed by atoms with van der Waals surface area (Å²) in [6.07, 6.45) is 0. The first-order valence-corrected chi connectivity index (χ1v) is 6.94. The molecule has 0 aliphatic rings. The molecule has 2 rings (SSSR count). The van der Waals surface area contributed by atoms with Crippen molar-refractivity contribution in [2.45, 2.75) is 19.5 Å². The van der Waals surface area contributed by atoms with E-state index in [0.29, 0.717) is 12.1 Å². The highest BCUT2D eigenvalue weighted by atomic mass is 19.3. The molecule has 0 spiro atoms. The summed E-state index contributed by atoms with van der Waals surface area (Å²) in [5, 5.41) is 2.80. The van der Waals surface area contributed by atoms with Crippen LogP contribution < -0.4 is 10.1 Å². The lowest BCUT2D eigenvalue weighted by molar-refractivity contribution is -0.0498. The van der Waals surface area contributed by atoms with E-state index < -0.39 is 6.61 Å². The number of hydrogen-bond donors (Lipinski definition) is 1. The van der Waals surface area contributed by atoms with Crippen molar-refractivity contribution in [1.82, 2.24) is 5.32 Å². The van der Waals surface area contributed by atoms with Gasteiger partial charge in [0.2, 0.25) is 0 Å². The third-order valence-electron chi connectivity index (χ3n) is 3.26. The SMILES string of the molecule is C[C@H](CNC(=O)c1cccc(OC(F)F)c1)c1ccccc1. The fourth-order valence-corrected chi connectivity index (χ4v) is 2.06. The number of halogens is 2. The highest BCUT2D eigenvalue weighted by Gasteiger charge is 2.11. The van der Waals surface area contributed by atoms with Crippen LogP contribution in [-0.4, -0.2) is 19.1 Å². The van der Waals surface area contributed by atoms with Crippen molar-refractivity contribution in [3.05, 3.63) is 65.7 Å². The second-order valence-corrected chi connectivity index (χ2v) is 4.93. The van der Waals surface area contributed by atoms with Crippen LogP contribution in [0.5, 0.6) is 5.75 Å². The number of rotatable bonds is 6. The first-order valence-electron chi connectivity index (χ1n) is 6.94. The van der Waals surface area contributed by atoms with E-state index in [1.807, 2.05) is 37.3 Å². The molecule has 0 aromatic heterocycles. The number of carbonyl (C=O) groups is 1. The predicted molar refractivity (Wildman–Crippen MR) is 80.3 cm³/mol. The number of nitrogens with one attached hydrogen (secondary N) is 1. The van der Waals surface area contributed by atoms with Gasteiger partial charge in [0, 0.05) is 12.1 Å². The fourth-order valence-electron chi connectivity index (χ4n) is 2.06. The van der Waals surface area contributed by atoms with Gasteiger partial charge in [0.15, 0.2) is 0 Å². The van der Waals surface area contributed by atoms with E-state index in [1.165, 1.54) is 18.2 Å². The minimum atomic E-state index is -2.91. The van der Waals surface area contributed by atoms with Crippen LogP contribution in [0.25, 0.3) is 0 Å². The summed E-state index contributed by atoms with van der Waals surface area (Å²) in [4.78, 5) is 12.1. The average molecular weight is 305 g/mol. The summed E-state index contributed by atoms with van der Waals surface area (Å²) in [5.74, 6) is -0.188. The minimum absolute atomic E-state index is 0.0289. The maximum atomic E-state index is 12.2. The van der Waals surface area contributed by atoms with Crippen molar-refractivity contribution in [1.29, 1.82) is 0 Å². The molecule has 1 N–H and O–H groups in total. The van der Waals surface area contributed by atoms with Crippen molar-refractivity contribution >= 4 is 5.91 Å². The zero-order valence-electron chi connectivity index (χ0n) is 12.1. The third-order valence-corrected chi connectivity index (χ3v) is 3.26. The van der Waals surface area contributed by atoms with Crippen LogP contribution in [0.15, 0.2) is 54.6 Å². The Labute approximate surface area is 127 Å². The largest absolute Gasteiger partial charge is 0.435 e. The molecular formula is C17H17F2NO2. The van der Waals surface area contributed by atoms with E-state index in [2.05, 4.69) is 10.1 Å². The van der Waals surface area contributed by atoms with Gasteiger partial charge in [-0.1, -0.05) is 43.3 Å². The molecule has 0 saturated carbocycles.